The second-order valence-electron chi connectivity index (χ2n) is 28.8. The molecule has 8 saturated heterocycles. The second kappa shape index (κ2) is 20.2. The number of carbonyl (C=O) groups is 8. The van der Waals surface area contributed by atoms with E-state index in [9.17, 15) is 38.4 Å². The molecule has 0 spiro atoms. The molecule has 0 N–H and O–H groups in total. The van der Waals surface area contributed by atoms with Crippen LogP contribution in [0.5, 0.6) is 0 Å². The molecule has 8 aliphatic heterocycles. The molecular formula is C62H88O18. The van der Waals surface area contributed by atoms with Crippen molar-refractivity contribution in [2.75, 3.05) is 0 Å². The number of hydrogen-bond donors (Lipinski definition) is 0. The van der Waals surface area contributed by atoms with Gasteiger partial charge in [0.1, 0.15) is 35.6 Å². The molecule has 14 rings (SSSR count). The maximum Gasteiger partial charge on any atom is 0.312 e. The van der Waals surface area contributed by atoms with Crippen LogP contribution in [0.3, 0.4) is 0 Å². The van der Waals surface area contributed by atoms with Gasteiger partial charge in [-0.05, 0) is 167 Å². The molecule has 0 amide bonds. The molecule has 18 heteroatoms. The predicted octanol–water partition coefficient (Wildman–Crippen LogP) is 7.69. The van der Waals surface area contributed by atoms with Gasteiger partial charge in [0.05, 0.1) is 58.5 Å². The minimum Gasteiger partial charge on any atom is -0.462 e. The highest BCUT2D eigenvalue weighted by Gasteiger charge is 2.76. The molecule has 0 aromatic carbocycles. The summed E-state index contributed by atoms with van der Waals surface area (Å²) in [6.45, 7) is 27.5. The fraction of sp³-hybridized carbons (Fsp3) is 0.871. The Hall–Kier alpha value is -4.32. The number of ether oxygens (including phenoxy) is 10. The van der Waals surface area contributed by atoms with Gasteiger partial charge in [0.2, 0.25) is 0 Å². The van der Waals surface area contributed by atoms with Gasteiger partial charge in [-0.15, -0.1) is 0 Å². The van der Waals surface area contributed by atoms with E-state index < -0.39 is 29.1 Å². The third kappa shape index (κ3) is 9.02. The lowest BCUT2D eigenvalue weighted by Gasteiger charge is -2.53. The lowest BCUT2D eigenvalue weighted by Crippen LogP contribution is -2.57. The molecule has 6 aliphatic carbocycles. The number of rotatable bonds is 12. The lowest BCUT2D eigenvalue weighted by atomic mass is 9.49. The molecule has 26 unspecified atom stereocenters. The summed E-state index contributed by atoms with van der Waals surface area (Å²) in [7, 11) is 0. The third-order valence-corrected chi connectivity index (χ3v) is 22.9. The number of carbonyl (C=O) groups excluding carboxylic acids is 8. The average Bonchev–Trinajstić information content (AvgIpc) is 4.34. The number of esters is 8. The minimum absolute atomic E-state index is 0.00876. The van der Waals surface area contributed by atoms with Crippen molar-refractivity contribution < 1.29 is 85.7 Å². The Morgan fingerprint density at radius 3 is 1.31 bits per heavy atom. The monoisotopic (exact) mass is 1120 g/mol. The molecule has 18 nitrogen and oxygen atoms in total. The Labute approximate surface area is 470 Å². The molecular weight excluding hydrogens is 1030 g/mol. The normalized spacial score (nSPS) is 45.0. The predicted molar refractivity (Wildman–Crippen MR) is 281 cm³/mol. The summed E-state index contributed by atoms with van der Waals surface area (Å²) in [6, 6.07) is 0. The first-order valence-electron chi connectivity index (χ1n) is 30.6. The molecule has 6 saturated carbocycles. The summed E-state index contributed by atoms with van der Waals surface area (Å²) in [5, 5.41) is 0. The smallest absolute Gasteiger partial charge is 0.312 e. The molecule has 14 aliphatic rings. The molecule has 26 atom stereocenters. The van der Waals surface area contributed by atoms with Crippen molar-refractivity contribution in [1.29, 1.82) is 0 Å². The first-order chi connectivity index (χ1) is 37.6. The molecule has 80 heavy (non-hydrogen) atoms. The Morgan fingerprint density at radius 2 is 0.900 bits per heavy atom. The number of cyclic esters (lactones) is 2. The summed E-state index contributed by atoms with van der Waals surface area (Å²) in [5.41, 5.74) is -1.62. The van der Waals surface area contributed by atoms with Crippen molar-refractivity contribution in [3.8, 4) is 0 Å². The first-order valence-corrected chi connectivity index (χ1v) is 30.6. The van der Waals surface area contributed by atoms with Gasteiger partial charge in [0.15, 0.2) is 24.4 Å². The van der Waals surface area contributed by atoms with Crippen LogP contribution in [0.15, 0.2) is 0 Å². The highest BCUT2D eigenvalue weighted by molar-refractivity contribution is 5.81. The van der Waals surface area contributed by atoms with Crippen molar-refractivity contribution >= 4 is 47.8 Å². The van der Waals surface area contributed by atoms with E-state index >= 15 is 0 Å². The van der Waals surface area contributed by atoms with Crippen molar-refractivity contribution in [3.63, 3.8) is 0 Å². The van der Waals surface area contributed by atoms with Crippen molar-refractivity contribution in [2.24, 2.45) is 106 Å². The van der Waals surface area contributed by atoms with E-state index in [1.165, 1.54) is 0 Å². The van der Waals surface area contributed by atoms with Gasteiger partial charge in [-0.1, -0.05) is 41.5 Å². The maximum atomic E-state index is 12.4. The van der Waals surface area contributed by atoms with E-state index in [0.29, 0.717) is 78.4 Å². The highest BCUT2D eigenvalue weighted by Crippen LogP contribution is 2.73. The van der Waals surface area contributed by atoms with E-state index in [2.05, 4.69) is 0 Å². The van der Waals surface area contributed by atoms with Crippen molar-refractivity contribution in [3.05, 3.63) is 0 Å². The summed E-state index contributed by atoms with van der Waals surface area (Å²) in [5.74, 6) is 3.40. The Kier molecular flexibility index (Phi) is 14.5. The van der Waals surface area contributed by atoms with E-state index in [1.54, 1.807) is 0 Å². The zero-order chi connectivity index (χ0) is 57.8. The molecule has 0 radical (unpaired) electrons. The fourth-order valence-corrected chi connectivity index (χ4v) is 17.5. The molecule has 8 bridgehead atoms. The quantitative estimate of drug-likeness (QED) is 0.135. The zero-order valence-electron chi connectivity index (χ0n) is 49.4. The first kappa shape index (κ1) is 57.5. The second-order valence-corrected chi connectivity index (χ2v) is 28.8. The van der Waals surface area contributed by atoms with Crippen LogP contribution in [0.25, 0.3) is 0 Å². The van der Waals surface area contributed by atoms with Gasteiger partial charge in [0, 0.05) is 11.8 Å². The average molecular weight is 1120 g/mol. The molecule has 0 aromatic rings. The number of fused-ring (bicyclic) bond motifs is 18. The van der Waals surface area contributed by atoms with Gasteiger partial charge in [-0.3, -0.25) is 38.4 Å². The van der Waals surface area contributed by atoms with Gasteiger partial charge < -0.3 is 47.4 Å². The standard InChI is InChI=1S/C19H28O4.C18H26O4.C13H18O5.C12H16O5/c1-6-18(2,3)17(21)22-11-8-9-7-10(11)13-12(9)14-15(13)19(4,5)23-16(14)20;1-5-8(2)16(19)21-11-7-9-6-10(11)13-12(9)14-15(13)18(3,4)22-17(14)20;1-4-13(2,3)12(15)18-9-7-5-6-8(16-7)10(9)17-11(6)14;1-3-5(2)11(13)16-9-7-4-6-8(15-7)10(9)17-12(6)14/h9-15H,6-8H2,1-5H3;8-15H,5-7H2,1-4H3;6-10H,4-5H2,1-3H3;5-10H,3-4H2,1-2H3. The summed E-state index contributed by atoms with van der Waals surface area (Å²) in [4.78, 5) is 95.7. The minimum atomic E-state index is -0.510. The third-order valence-electron chi connectivity index (χ3n) is 22.9. The van der Waals surface area contributed by atoms with Crippen LogP contribution in [0, 0.1) is 106 Å². The molecule has 444 valence electrons. The zero-order valence-corrected chi connectivity index (χ0v) is 49.4. The molecule has 8 heterocycles. The van der Waals surface area contributed by atoms with Crippen LogP contribution >= 0.6 is 0 Å². The van der Waals surface area contributed by atoms with Crippen LogP contribution in [0.4, 0.5) is 0 Å². The van der Waals surface area contributed by atoms with E-state index in [4.69, 9.17) is 47.4 Å². The molecule has 0 aromatic heterocycles. The van der Waals surface area contributed by atoms with Crippen LogP contribution in [0.2, 0.25) is 0 Å². The Bertz CT molecular complexity index is 2530. The summed E-state index contributed by atoms with van der Waals surface area (Å²) in [6.07, 6.45) is 6.25. The van der Waals surface area contributed by atoms with Gasteiger partial charge in [-0.2, -0.15) is 0 Å². The van der Waals surface area contributed by atoms with Crippen LogP contribution in [0.1, 0.15) is 161 Å². The van der Waals surface area contributed by atoms with Gasteiger partial charge in [0.25, 0.3) is 0 Å². The Balaban J connectivity index is 0.000000113. The topological polar surface area (TPSA) is 229 Å². The van der Waals surface area contributed by atoms with Crippen molar-refractivity contribution in [1.82, 2.24) is 0 Å². The van der Waals surface area contributed by atoms with E-state index in [-0.39, 0.29) is 137 Å². The lowest BCUT2D eigenvalue weighted by molar-refractivity contribution is -0.173. The van der Waals surface area contributed by atoms with Crippen LogP contribution in [-0.2, 0) is 85.7 Å². The number of hydrogen-bond acceptors (Lipinski definition) is 18. The van der Waals surface area contributed by atoms with E-state index in [0.717, 1.165) is 44.9 Å². The fourth-order valence-electron chi connectivity index (χ4n) is 17.5. The maximum absolute atomic E-state index is 12.4. The molecule has 14 fully saturated rings. The van der Waals surface area contributed by atoms with Crippen molar-refractivity contribution in [2.45, 2.75) is 233 Å². The summed E-state index contributed by atoms with van der Waals surface area (Å²) >= 11 is 0. The van der Waals surface area contributed by atoms with Crippen LogP contribution < -0.4 is 0 Å². The summed E-state index contributed by atoms with van der Waals surface area (Å²) < 4.78 is 55.8. The largest absolute Gasteiger partial charge is 0.462 e. The highest BCUT2D eigenvalue weighted by atomic mass is 16.7. The van der Waals surface area contributed by atoms with E-state index in [1.807, 2.05) is 96.9 Å². The van der Waals surface area contributed by atoms with Crippen LogP contribution in [-0.4, -0.2) is 120 Å². The van der Waals surface area contributed by atoms with Gasteiger partial charge in [-0.25, -0.2) is 0 Å². The Morgan fingerprint density at radius 1 is 0.512 bits per heavy atom. The SMILES string of the molecule is CCC(C)(C)C(=O)OC1C2CC3C(=O)OC1C3O2.CCC(C)(C)C(=O)OC1CC2CC1C1C2C2C(=O)OC(C)(C)C21.CCC(C)C(=O)OC1C2CC3C(=O)OC1C3O2.CCC(C)C(=O)OC1CC2CC1C1C2C2C(=O)OC(C)(C)C21. The van der Waals surface area contributed by atoms with Gasteiger partial charge >= 0.3 is 47.8 Å².